The number of nitrogens with two attached hydrogens (primary N) is 3. The smallest absolute Gasteiger partial charge is 0.243 e. The Kier molecular flexibility index (Phi) is 11.2. The number of hydrogen-bond acceptors (Lipinski definition) is 7. The summed E-state index contributed by atoms with van der Waals surface area (Å²) >= 11 is 0. The topological polar surface area (TPSA) is 243 Å². The van der Waals surface area contributed by atoms with Crippen LogP contribution in [0.25, 0.3) is 21.8 Å². The normalized spacial score (nSPS) is 13.9. The van der Waals surface area contributed by atoms with E-state index < -0.39 is 47.8 Å². The van der Waals surface area contributed by atoms with E-state index in [0.29, 0.717) is 31.5 Å². The number of unbranched alkanes of at least 4 members (excludes halogenated alkanes) is 1. The molecular formula is C34H42N10O4. The molecule has 48 heavy (non-hydrogen) atoms. The van der Waals surface area contributed by atoms with E-state index in [9.17, 15) is 19.2 Å². The highest BCUT2D eigenvalue weighted by Gasteiger charge is 2.31. The quantitative estimate of drug-likeness (QED) is 0.0652. The average Bonchev–Trinajstić information content (AvgIpc) is 3.84. The number of nitrogens with one attached hydrogen (secondary N) is 6. The monoisotopic (exact) mass is 654 g/mol. The van der Waals surface area contributed by atoms with Crippen LogP contribution in [-0.4, -0.2) is 74.3 Å². The third-order valence-corrected chi connectivity index (χ3v) is 8.40. The van der Waals surface area contributed by atoms with E-state index in [4.69, 9.17) is 17.2 Å². The number of para-hydroxylation sites is 2. The number of amides is 4. The maximum Gasteiger partial charge on any atom is 0.243 e. The molecule has 5 aromatic rings. The average molecular weight is 655 g/mol. The highest BCUT2D eigenvalue weighted by molar-refractivity contribution is 5.96. The van der Waals surface area contributed by atoms with Gasteiger partial charge in [0.05, 0.1) is 12.4 Å². The van der Waals surface area contributed by atoms with Gasteiger partial charge in [-0.1, -0.05) is 36.4 Å². The van der Waals surface area contributed by atoms with E-state index in [1.165, 1.54) is 6.33 Å². The Labute approximate surface area is 277 Å². The van der Waals surface area contributed by atoms with Crippen LogP contribution in [0.15, 0.2) is 73.4 Å². The Morgan fingerprint density at radius 2 is 1.25 bits per heavy atom. The van der Waals surface area contributed by atoms with Crippen molar-refractivity contribution in [3.05, 3.63) is 90.3 Å². The van der Waals surface area contributed by atoms with Crippen LogP contribution in [0.3, 0.4) is 0 Å². The van der Waals surface area contributed by atoms with Gasteiger partial charge in [-0.3, -0.25) is 19.2 Å². The second kappa shape index (κ2) is 15.9. The summed E-state index contributed by atoms with van der Waals surface area (Å²) in [6.07, 6.45) is 8.58. The maximum atomic E-state index is 14.1. The molecule has 14 nitrogen and oxygen atoms in total. The molecule has 14 heteroatoms. The molecule has 0 radical (unpaired) electrons. The molecular weight excluding hydrogens is 612 g/mol. The molecule has 4 amide bonds. The van der Waals surface area contributed by atoms with Crippen LogP contribution in [0.5, 0.6) is 0 Å². The number of hydrogen-bond donors (Lipinski definition) is 9. The van der Waals surface area contributed by atoms with Gasteiger partial charge in [-0.25, -0.2) is 4.98 Å². The van der Waals surface area contributed by atoms with Gasteiger partial charge in [-0.15, -0.1) is 0 Å². The van der Waals surface area contributed by atoms with Crippen molar-refractivity contribution in [1.82, 2.24) is 35.9 Å². The van der Waals surface area contributed by atoms with Gasteiger partial charge in [-0.05, 0) is 49.1 Å². The van der Waals surface area contributed by atoms with Gasteiger partial charge >= 0.3 is 0 Å². The summed E-state index contributed by atoms with van der Waals surface area (Å²) in [5, 5.41) is 10.2. The minimum atomic E-state index is -1.12. The molecule has 0 bridgehead atoms. The van der Waals surface area contributed by atoms with Crippen LogP contribution in [0.1, 0.15) is 36.1 Å². The SMILES string of the molecule is NCCCC[C@H](NC(=O)[C@@H](Cc1c[nH]c2ccccc12)NC(=O)[C@@H](Cc1c[nH]c2ccccc12)NC(=O)[C@@H](N)Cc1cnc[nH]1)C(N)=O. The molecule has 2 aromatic carbocycles. The molecule has 0 spiro atoms. The number of benzene rings is 2. The molecule has 0 aliphatic heterocycles. The molecule has 0 aliphatic rings. The zero-order valence-electron chi connectivity index (χ0n) is 26.5. The van der Waals surface area contributed by atoms with E-state index in [1.54, 1.807) is 18.6 Å². The number of aromatic nitrogens is 4. The molecule has 5 rings (SSSR count). The van der Waals surface area contributed by atoms with Crippen LogP contribution < -0.4 is 33.2 Å². The van der Waals surface area contributed by atoms with Crippen molar-refractivity contribution in [2.45, 2.75) is 62.7 Å². The molecule has 12 N–H and O–H groups in total. The predicted molar refractivity (Wildman–Crippen MR) is 182 cm³/mol. The number of rotatable bonds is 17. The van der Waals surface area contributed by atoms with Gasteiger partial charge in [0.25, 0.3) is 0 Å². The fourth-order valence-electron chi connectivity index (χ4n) is 5.79. The van der Waals surface area contributed by atoms with E-state index >= 15 is 0 Å². The van der Waals surface area contributed by atoms with Crippen molar-refractivity contribution in [2.75, 3.05) is 6.54 Å². The lowest BCUT2D eigenvalue weighted by molar-refractivity contribution is -0.133. The first-order valence-corrected chi connectivity index (χ1v) is 16.0. The summed E-state index contributed by atoms with van der Waals surface area (Å²) in [7, 11) is 0. The number of carbonyl (C=O) groups is 4. The van der Waals surface area contributed by atoms with E-state index in [1.807, 2.05) is 48.5 Å². The van der Waals surface area contributed by atoms with Crippen LogP contribution in [0.4, 0.5) is 0 Å². The predicted octanol–water partition coefficient (Wildman–Crippen LogP) is 0.796. The molecule has 0 aliphatic carbocycles. The highest BCUT2D eigenvalue weighted by atomic mass is 16.2. The summed E-state index contributed by atoms with van der Waals surface area (Å²) in [5.74, 6) is -2.41. The highest BCUT2D eigenvalue weighted by Crippen LogP contribution is 2.21. The molecule has 0 saturated carbocycles. The van der Waals surface area contributed by atoms with Crippen molar-refractivity contribution >= 4 is 45.4 Å². The lowest BCUT2D eigenvalue weighted by atomic mass is 10.0. The van der Waals surface area contributed by atoms with Crippen LogP contribution in [0.2, 0.25) is 0 Å². The zero-order valence-corrected chi connectivity index (χ0v) is 26.5. The molecule has 3 heterocycles. The number of carbonyl (C=O) groups excluding carboxylic acids is 4. The zero-order chi connectivity index (χ0) is 34.0. The first kappa shape index (κ1) is 33.9. The minimum Gasteiger partial charge on any atom is -0.368 e. The second-order valence-corrected chi connectivity index (χ2v) is 11.9. The van der Waals surface area contributed by atoms with E-state index in [2.05, 4.69) is 35.9 Å². The van der Waals surface area contributed by atoms with Gasteiger partial charge in [0.2, 0.25) is 23.6 Å². The third-order valence-electron chi connectivity index (χ3n) is 8.40. The summed E-state index contributed by atoms with van der Waals surface area (Å²) in [5.41, 5.74) is 21.5. The Balaban J connectivity index is 1.41. The molecule has 0 saturated heterocycles. The summed E-state index contributed by atoms with van der Waals surface area (Å²) in [6, 6.07) is 11.1. The third kappa shape index (κ3) is 8.46. The van der Waals surface area contributed by atoms with Gasteiger partial charge < -0.3 is 48.1 Å². The number of H-pyrrole nitrogens is 3. The van der Waals surface area contributed by atoms with Crippen molar-refractivity contribution in [3.8, 4) is 0 Å². The van der Waals surface area contributed by atoms with Gasteiger partial charge in [0.15, 0.2) is 0 Å². The second-order valence-electron chi connectivity index (χ2n) is 11.9. The number of aromatic amines is 3. The minimum absolute atomic E-state index is 0.100. The fourth-order valence-corrected chi connectivity index (χ4v) is 5.79. The summed E-state index contributed by atoms with van der Waals surface area (Å²) in [6.45, 7) is 0.438. The van der Waals surface area contributed by atoms with Gasteiger partial charge in [0.1, 0.15) is 18.1 Å². The number of primary amides is 1. The molecule has 252 valence electrons. The molecule has 0 fully saturated rings. The number of fused-ring (bicyclic) bond motifs is 2. The number of nitrogens with zero attached hydrogens (tertiary/aromatic N) is 1. The van der Waals surface area contributed by atoms with Crippen LogP contribution >= 0.6 is 0 Å². The Morgan fingerprint density at radius 3 is 1.77 bits per heavy atom. The van der Waals surface area contributed by atoms with E-state index in [0.717, 1.165) is 32.9 Å². The summed E-state index contributed by atoms with van der Waals surface area (Å²) in [4.78, 5) is 66.9. The maximum absolute atomic E-state index is 14.1. The molecule has 4 atom stereocenters. The largest absolute Gasteiger partial charge is 0.368 e. The summed E-state index contributed by atoms with van der Waals surface area (Å²) < 4.78 is 0. The lowest BCUT2D eigenvalue weighted by Crippen LogP contribution is -2.58. The Morgan fingerprint density at radius 1 is 0.708 bits per heavy atom. The van der Waals surface area contributed by atoms with Crippen molar-refractivity contribution in [3.63, 3.8) is 0 Å². The molecule has 0 unspecified atom stereocenters. The van der Waals surface area contributed by atoms with Gasteiger partial charge in [-0.2, -0.15) is 0 Å². The number of imidazole rings is 1. The van der Waals surface area contributed by atoms with E-state index in [-0.39, 0.29) is 19.3 Å². The lowest BCUT2D eigenvalue weighted by Gasteiger charge is -2.25. The van der Waals surface area contributed by atoms with Crippen molar-refractivity contribution in [1.29, 1.82) is 0 Å². The Hall–Kier alpha value is -5.47. The van der Waals surface area contributed by atoms with Crippen LogP contribution in [0, 0.1) is 0 Å². The Bertz CT molecular complexity index is 1850. The van der Waals surface area contributed by atoms with Crippen LogP contribution in [-0.2, 0) is 38.4 Å². The first-order valence-electron chi connectivity index (χ1n) is 16.0. The van der Waals surface area contributed by atoms with Crippen molar-refractivity contribution in [2.24, 2.45) is 17.2 Å². The first-order chi connectivity index (χ1) is 23.2. The standard InChI is InChI=1S/C34H42N10O4/c35-12-6-5-11-28(31(37)45)42-33(47)30(14-21-17-40-27-10-4-2-8-24(21)27)44-34(48)29(13-20-16-39-26-9-3-1-7-23(20)26)43-32(46)25(36)15-22-18-38-19-41-22/h1-4,7-10,16-19,25,28-30,39-40H,5-6,11-15,35-36H2,(H2,37,45)(H,38,41)(H,42,47)(H,43,46)(H,44,48)/t25-,28-,29+,30+/m0/s1. The fraction of sp³-hybridized carbons (Fsp3) is 0.324. The van der Waals surface area contributed by atoms with Crippen molar-refractivity contribution < 1.29 is 19.2 Å². The van der Waals surface area contributed by atoms with Gasteiger partial charge in [0, 0.05) is 65.4 Å². The molecule has 3 aromatic heterocycles.